The summed E-state index contributed by atoms with van der Waals surface area (Å²) >= 11 is 0. The Morgan fingerprint density at radius 2 is 1.75 bits per heavy atom. The molecule has 0 bridgehead atoms. The summed E-state index contributed by atoms with van der Waals surface area (Å²) in [4.78, 5) is 29.3. The predicted octanol–water partition coefficient (Wildman–Crippen LogP) is 5.15. The number of carbonyl (C=O) groups is 2. The summed E-state index contributed by atoms with van der Waals surface area (Å²) in [6, 6.07) is 18.8. The Bertz CT molecular complexity index is 1050. The average Bonchev–Trinajstić information content (AvgIpc) is 3.29. The van der Waals surface area contributed by atoms with Crippen LogP contribution in [0, 0.1) is 13.8 Å². The molecule has 0 saturated carbocycles. The molecule has 166 valence electrons. The van der Waals surface area contributed by atoms with E-state index in [-0.39, 0.29) is 25.0 Å². The highest BCUT2D eigenvalue weighted by atomic mass is 16.3. The van der Waals surface area contributed by atoms with E-state index in [4.69, 9.17) is 4.42 Å². The van der Waals surface area contributed by atoms with Crippen LogP contribution < -0.4 is 5.32 Å². The van der Waals surface area contributed by atoms with Crippen LogP contribution in [-0.2, 0) is 17.9 Å². The molecule has 0 radical (unpaired) electrons. The second-order valence-corrected chi connectivity index (χ2v) is 7.71. The maximum absolute atomic E-state index is 13.2. The minimum Gasteiger partial charge on any atom is -0.467 e. The number of hydrogen-bond acceptors (Lipinski definition) is 3. The maximum atomic E-state index is 13.2. The molecule has 2 aromatic carbocycles. The number of aryl methyl sites for hydroxylation is 2. The monoisotopic (exact) mass is 431 g/mol. The minimum atomic E-state index is -0.348. The van der Waals surface area contributed by atoms with E-state index in [0.717, 1.165) is 16.7 Å². The maximum Gasteiger partial charge on any atom is 0.322 e. The van der Waals surface area contributed by atoms with Crippen molar-refractivity contribution in [3.8, 4) is 0 Å². The van der Waals surface area contributed by atoms with Crippen LogP contribution in [0.15, 0.2) is 84.0 Å². The molecular formula is C26H29N3O3. The van der Waals surface area contributed by atoms with Crippen molar-refractivity contribution in [2.24, 2.45) is 0 Å². The van der Waals surface area contributed by atoms with Gasteiger partial charge in [0.05, 0.1) is 12.8 Å². The van der Waals surface area contributed by atoms with Crippen LogP contribution in [0.4, 0.5) is 10.5 Å². The first-order chi connectivity index (χ1) is 15.5. The summed E-state index contributed by atoms with van der Waals surface area (Å²) < 4.78 is 5.45. The molecule has 0 aliphatic carbocycles. The van der Waals surface area contributed by atoms with Crippen molar-refractivity contribution < 1.29 is 14.0 Å². The van der Waals surface area contributed by atoms with Crippen molar-refractivity contribution in [2.75, 3.05) is 18.4 Å². The number of benzene rings is 2. The Hall–Kier alpha value is -3.80. The third-order valence-electron chi connectivity index (χ3n) is 5.22. The first-order valence-electron chi connectivity index (χ1n) is 10.5. The summed E-state index contributed by atoms with van der Waals surface area (Å²) in [5.41, 5.74) is 3.93. The quantitative estimate of drug-likeness (QED) is 0.477. The van der Waals surface area contributed by atoms with Gasteiger partial charge in [0.15, 0.2) is 0 Å². The lowest BCUT2D eigenvalue weighted by Gasteiger charge is -2.27. The van der Waals surface area contributed by atoms with Gasteiger partial charge in [-0.3, -0.25) is 4.79 Å². The number of hydrogen-bond donors (Lipinski definition) is 1. The molecule has 6 nitrogen and oxygen atoms in total. The van der Waals surface area contributed by atoms with E-state index in [1.165, 1.54) is 4.90 Å². The standard InChI is InChI=1S/C26H29N3O3/c1-4-14-28(26(31)27-23-13-12-20(2)21(3)16-23)19-25(30)29(18-24-11-8-15-32-24)17-22-9-6-5-7-10-22/h4-13,15-16H,1,14,17-19H2,2-3H3,(H,27,31). The first kappa shape index (κ1) is 22.9. The van der Waals surface area contributed by atoms with Crippen molar-refractivity contribution in [3.63, 3.8) is 0 Å². The molecule has 0 aliphatic rings. The Labute approximate surface area is 189 Å². The predicted molar refractivity (Wildman–Crippen MR) is 126 cm³/mol. The number of nitrogens with one attached hydrogen (secondary N) is 1. The molecule has 6 heteroatoms. The topological polar surface area (TPSA) is 65.8 Å². The Balaban J connectivity index is 1.73. The molecule has 0 unspecified atom stereocenters. The first-order valence-corrected chi connectivity index (χ1v) is 10.5. The lowest BCUT2D eigenvalue weighted by Crippen LogP contribution is -2.44. The Morgan fingerprint density at radius 1 is 0.969 bits per heavy atom. The highest BCUT2D eigenvalue weighted by Crippen LogP contribution is 2.16. The number of urea groups is 1. The van der Waals surface area contributed by atoms with Crippen LogP contribution in [0.25, 0.3) is 0 Å². The normalized spacial score (nSPS) is 10.4. The lowest BCUT2D eigenvalue weighted by molar-refractivity contribution is -0.133. The van der Waals surface area contributed by atoms with Gasteiger partial charge in [-0.25, -0.2) is 4.79 Å². The molecule has 3 amide bonds. The average molecular weight is 432 g/mol. The molecule has 32 heavy (non-hydrogen) atoms. The van der Waals surface area contributed by atoms with Crippen molar-refractivity contribution >= 4 is 17.6 Å². The molecular weight excluding hydrogens is 402 g/mol. The third-order valence-corrected chi connectivity index (χ3v) is 5.22. The minimum absolute atomic E-state index is 0.0732. The number of amides is 3. The van der Waals surface area contributed by atoms with Crippen LogP contribution in [0.1, 0.15) is 22.5 Å². The summed E-state index contributed by atoms with van der Waals surface area (Å²) in [6.45, 7) is 8.66. The number of anilines is 1. The van der Waals surface area contributed by atoms with E-state index in [2.05, 4.69) is 11.9 Å². The van der Waals surface area contributed by atoms with Gasteiger partial charge < -0.3 is 19.5 Å². The van der Waals surface area contributed by atoms with Gasteiger partial charge >= 0.3 is 6.03 Å². The van der Waals surface area contributed by atoms with E-state index >= 15 is 0 Å². The van der Waals surface area contributed by atoms with Crippen LogP contribution in [0.3, 0.4) is 0 Å². The van der Waals surface area contributed by atoms with Crippen LogP contribution in [-0.4, -0.2) is 34.8 Å². The second-order valence-electron chi connectivity index (χ2n) is 7.71. The molecule has 0 atom stereocenters. The van der Waals surface area contributed by atoms with E-state index in [0.29, 0.717) is 24.5 Å². The van der Waals surface area contributed by atoms with Gasteiger partial charge in [-0.15, -0.1) is 6.58 Å². The molecule has 3 rings (SSSR count). The van der Waals surface area contributed by atoms with Crippen molar-refractivity contribution in [3.05, 3.63) is 102 Å². The van der Waals surface area contributed by atoms with E-state index in [9.17, 15) is 9.59 Å². The largest absolute Gasteiger partial charge is 0.467 e. The van der Waals surface area contributed by atoms with E-state index < -0.39 is 0 Å². The zero-order valence-electron chi connectivity index (χ0n) is 18.6. The SMILES string of the molecule is C=CCN(CC(=O)N(Cc1ccccc1)Cc1ccco1)C(=O)Nc1ccc(C)c(C)c1. The Kier molecular flexibility index (Phi) is 7.86. The number of nitrogens with zero attached hydrogens (tertiary/aromatic N) is 2. The van der Waals surface area contributed by atoms with Crippen molar-refractivity contribution in [2.45, 2.75) is 26.9 Å². The molecule has 1 heterocycles. The highest BCUT2D eigenvalue weighted by Gasteiger charge is 2.22. The number of furan rings is 1. The van der Waals surface area contributed by atoms with Crippen LogP contribution in [0.5, 0.6) is 0 Å². The van der Waals surface area contributed by atoms with E-state index in [1.54, 1.807) is 23.3 Å². The summed E-state index contributed by atoms with van der Waals surface area (Å²) in [5, 5.41) is 2.88. The number of carbonyl (C=O) groups excluding carboxylic acids is 2. The molecule has 0 fully saturated rings. The van der Waals surface area contributed by atoms with Crippen LogP contribution in [0.2, 0.25) is 0 Å². The fourth-order valence-corrected chi connectivity index (χ4v) is 3.29. The van der Waals surface area contributed by atoms with E-state index in [1.807, 2.05) is 68.4 Å². The zero-order chi connectivity index (χ0) is 22.9. The summed E-state index contributed by atoms with van der Waals surface area (Å²) in [5.74, 6) is 0.506. The van der Waals surface area contributed by atoms with Gasteiger partial charge in [-0.1, -0.05) is 42.5 Å². The molecule has 0 spiro atoms. The molecule has 1 aromatic heterocycles. The fraction of sp³-hybridized carbons (Fsp3) is 0.231. The van der Waals surface area contributed by atoms with Gasteiger partial charge in [0.2, 0.25) is 5.91 Å². The van der Waals surface area contributed by atoms with Gasteiger partial charge in [0.1, 0.15) is 12.3 Å². The lowest BCUT2D eigenvalue weighted by atomic mass is 10.1. The van der Waals surface area contributed by atoms with Crippen molar-refractivity contribution in [1.29, 1.82) is 0 Å². The molecule has 3 aromatic rings. The highest BCUT2D eigenvalue weighted by molar-refractivity contribution is 5.92. The fourth-order valence-electron chi connectivity index (χ4n) is 3.29. The summed E-state index contributed by atoms with van der Waals surface area (Å²) in [7, 11) is 0. The smallest absolute Gasteiger partial charge is 0.322 e. The molecule has 0 saturated heterocycles. The van der Waals surface area contributed by atoms with Gasteiger partial charge in [0.25, 0.3) is 0 Å². The van der Waals surface area contributed by atoms with Gasteiger partial charge in [-0.05, 0) is 54.8 Å². The van der Waals surface area contributed by atoms with Crippen molar-refractivity contribution in [1.82, 2.24) is 9.80 Å². The van der Waals surface area contributed by atoms with Crippen LogP contribution >= 0.6 is 0 Å². The third kappa shape index (κ3) is 6.35. The molecule has 1 N–H and O–H groups in total. The Morgan fingerprint density at radius 3 is 2.41 bits per heavy atom. The second kappa shape index (κ2) is 11.0. The van der Waals surface area contributed by atoms with Gasteiger partial charge in [-0.2, -0.15) is 0 Å². The number of rotatable bonds is 9. The van der Waals surface area contributed by atoms with Gasteiger partial charge in [0, 0.05) is 18.8 Å². The zero-order valence-corrected chi connectivity index (χ0v) is 18.6. The molecule has 0 aliphatic heterocycles. The summed E-state index contributed by atoms with van der Waals surface area (Å²) in [6.07, 6.45) is 3.20.